The average Bonchev–Trinajstić information content (AvgIpc) is 3.24. The van der Waals surface area contributed by atoms with Crippen LogP contribution in [0, 0.1) is 0 Å². The highest BCUT2D eigenvalue weighted by atomic mass is 32.1. The lowest BCUT2D eigenvalue weighted by molar-refractivity contribution is 0.103. The third kappa shape index (κ3) is 3.81. The Kier molecular flexibility index (Phi) is 6.06. The Morgan fingerprint density at radius 2 is 2.00 bits per heavy atom. The Morgan fingerprint density at radius 3 is 2.54 bits per heavy atom. The maximum atomic E-state index is 13.8. The second-order valence-electron chi connectivity index (χ2n) is 5.02. The number of ketones is 1. The fourth-order valence-electron chi connectivity index (χ4n) is 2.23. The molecular formula is C16H13F5O2S. The van der Waals surface area contributed by atoms with E-state index in [1.165, 1.54) is 6.07 Å². The minimum Gasteiger partial charge on any atom is -0.373 e. The number of halogens is 5. The fraction of sp³-hybridized carbons (Fsp3) is 0.312. The first-order valence-corrected chi connectivity index (χ1v) is 7.84. The van der Waals surface area contributed by atoms with Gasteiger partial charge in [-0.3, -0.25) is 4.79 Å². The van der Waals surface area contributed by atoms with Crippen LogP contribution in [0.3, 0.4) is 0 Å². The zero-order valence-corrected chi connectivity index (χ0v) is 13.2. The summed E-state index contributed by atoms with van der Waals surface area (Å²) in [6.45, 7) is 1.29. The summed E-state index contributed by atoms with van der Waals surface area (Å²) in [4.78, 5) is 12.1. The normalized spacial score (nSPS) is 19.8. The molecule has 0 bridgehead atoms. The quantitative estimate of drug-likeness (QED) is 0.284. The van der Waals surface area contributed by atoms with E-state index in [4.69, 9.17) is 4.74 Å². The van der Waals surface area contributed by atoms with E-state index in [0.717, 1.165) is 24.2 Å². The number of carbonyl (C=O) groups is 1. The van der Waals surface area contributed by atoms with E-state index < -0.39 is 41.3 Å². The van der Waals surface area contributed by atoms with Crippen molar-refractivity contribution in [1.82, 2.24) is 0 Å². The summed E-state index contributed by atoms with van der Waals surface area (Å²) in [5.74, 6) is -9.08. The highest BCUT2D eigenvalue weighted by Crippen LogP contribution is 2.35. The lowest BCUT2D eigenvalue weighted by Crippen LogP contribution is -2.07. The molecule has 0 saturated carbocycles. The second kappa shape index (κ2) is 7.85. The van der Waals surface area contributed by atoms with Crippen molar-refractivity contribution in [2.24, 2.45) is 0 Å². The number of rotatable bonds is 6. The van der Waals surface area contributed by atoms with E-state index in [0.29, 0.717) is 12.2 Å². The summed E-state index contributed by atoms with van der Waals surface area (Å²) in [6.07, 6.45) is 1.33. The number of hydrogen-bond donors (Lipinski definition) is 0. The van der Waals surface area contributed by atoms with Crippen LogP contribution in [0.1, 0.15) is 34.2 Å². The number of ether oxygens (including phenoxy) is 1. The molecule has 0 radical (unpaired) electrons. The Labute approximate surface area is 138 Å². The van der Waals surface area contributed by atoms with Crippen LogP contribution in [0.5, 0.6) is 0 Å². The van der Waals surface area contributed by atoms with Gasteiger partial charge in [0.25, 0.3) is 0 Å². The molecule has 2 nitrogen and oxygen atoms in total. The van der Waals surface area contributed by atoms with Gasteiger partial charge in [-0.1, -0.05) is 6.58 Å². The van der Waals surface area contributed by atoms with Crippen molar-refractivity contribution >= 4 is 17.1 Å². The lowest BCUT2D eigenvalue weighted by atomic mass is 10.0. The van der Waals surface area contributed by atoms with E-state index in [-0.39, 0.29) is 11.0 Å². The molecule has 1 aliphatic rings. The van der Waals surface area contributed by atoms with Crippen molar-refractivity contribution in [3.05, 3.63) is 57.3 Å². The lowest BCUT2D eigenvalue weighted by Gasteiger charge is -2.06. The van der Waals surface area contributed by atoms with Gasteiger partial charge in [0, 0.05) is 6.61 Å². The number of allylic oxidation sites excluding steroid dienone is 5. The first kappa shape index (κ1) is 18.5. The Hall–Kier alpha value is -1.80. The standard InChI is InChI=1S/C16H13F5O2S/c1-8(18)14(20)13(15(21)10(19)6-17)16(22)12-5-9(7-24-12)11-3-2-4-23-11/h5,7,11H,1-4,6H2. The van der Waals surface area contributed by atoms with Gasteiger partial charge >= 0.3 is 0 Å². The van der Waals surface area contributed by atoms with Crippen LogP contribution >= 0.6 is 11.3 Å². The first-order valence-electron chi connectivity index (χ1n) is 6.96. The third-order valence-corrected chi connectivity index (χ3v) is 4.35. The number of alkyl halides is 1. The summed E-state index contributed by atoms with van der Waals surface area (Å²) in [5.41, 5.74) is -0.881. The van der Waals surface area contributed by atoms with E-state index in [9.17, 15) is 26.7 Å². The smallest absolute Gasteiger partial charge is 0.209 e. The first-order chi connectivity index (χ1) is 11.4. The predicted octanol–water partition coefficient (Wildman–Crippen LogP) is 5.61. The van der Waals surface area contributed by atoms with Crippen molar-refractivity contribution in [1.29, 1.82) is 0 Å². The Morgan fingerprint density at radius 1 is 1.29 bits per heavy atom. The molecule has 8 heteroatoms. The number of thiophene rings is 1. The van der Waals surface area contributed by atoms with Gasteiger partial charge in [0.15, 0.2) is 23.3 Å². The maximum Gasteiger partial charge on any atom is 0.209 e. The van der Waals surface area contributed by atoms with Crippen LogP contribution < -0.4 is 0 Å². The molecule has 2 heterocycles. The highest BCUT2D eigenvalue weighted by Gasteiger charge is 2.29. The molecular weight excluding hydrogens is 351 g/mol. The van der Waals surface area contributed by atoms with Crippen molar-refractivity contribution in [3.8, 4) is 0 Å². The van der Waals surface area contributed by atoms with Crippen molar-refractivity contribution in [2.45, 2.75) is 18.9 Å². The van der Waals surface area contributed by atoms with Crippen LogP contribution in [0.2, 0.25) is 0 Å². The van der Waals surface area contributed by atoms with E-state index in [2.05, 4.69) is 6.58 Å². The minimum atomic E-state index is -2.08. The molecule has 0 amide bonds. The maximum absolute atomic E-state index is 13.8. The van der Waals surface area contributed by atoms with Crippen molar-refractivity contribution in [3.63, 3.8) is 0 Å². The Balaban J connectivity index is 2.42. The molecule has 0 spiro atoms. The van der Waals surface area contributed by atoms with Crippen molar-refractivity contribution < 1.29 is 31.5 Å². The van der Waals surface area contributed by atoms with E-state index >= 15 is 0 Å². The van der Waals surface area contributed by atoms with Gasteiger partial charge in [-0.2, -0.15) is 0 Å². The summed E-state index contributed by atoms with van der Waals surface area (Å²) < 4.78 is 71.4. The van der Waals surface area contributed by atoms with Gasteiger partial charge < -0.3 is 4.74 Å². The molecule has 130 valence electrons. The average molecular weight is 364 g/mol. The molecule has 1 aromatic rings. The predicted molar refractivity (Wildman–Crippen MR) is 80.2 cm³/mol. The van der Waals surface area contributed by atoms with Crippen LogP contribution in [0.15, 0.2) is 46.9 Å². The molecule has 0 aromatic carbocycles. The fourth-order valence-corrected chi connectivity index (χ4v) is 3.12. The number of carbonyl (C=O) groups excluding carboxylic acids is 1. The van der Waals surface area contributed by atoms with Crippen LogP contribution in [-0.2, 0) is 4.74 Å². The highest BCUT2D eigenvalue weighted by molar-refractivity contribution is 7.12. The SMILES string of the molecule is C=C(F)C(F)=C(C(=O)c1cc(C2CCCO2)cs1)C(F)=C(F)CF. The number of hydrogen-bond acceptors (Lipinski definition) is 3. The topological polar surface area (TPSA) is 26.3 Å². The summed E-state index contributed by atoms with van der Waals surface area (Å²) >= 11 is 0.851. The molecule has 2 rings (SSSR count). The zero-order chi connectivity index (χ0) is 17.9. The zero-order valence-electron chi connectivity index (χ0n) is 12.4. The van der Waals surface area contributed by atoms with E-state index in [1.54, 1.807) is 5.38 Å². The largest absolute Gasteiger partial charge is 0.373 e. The van der Waals surface area contributed by atoms with E-state index in [1.807, 2.05) is 0 Å². The molecule has 1 unspecified atom stereocenters. The molecule has 0 aliphatic carbocycles. The molecule has 1 saturated heterocycles. The third-order valence-electron chi connectivity index (χ3n) is 3.40. The molecule has 24 heavy (non-hydrogen) atoms. The van der Waals surface area contributed by atoms with Crippen molar-refractivity contribution in [2.75, 3.05) is 13.3 Å². The second-order valence-corrected chi connectivity index (χ2v) is 5.93. The molecule has 1 atom stereocenters. The van der Waals surface area contributed by atoms with Crippen LogP contribution in [0.4, 0.5) is 22.0 Å². The van der Waals surface area contributed by atoms with Gasteiger partial charge in [-0.25, -0.2) is 22.0 Å². The van der Waals surface area contributed by atoms with Gasteiger partial charge in [0.2, 0.25) is 5.78 Å². The molecule has 1 aromatic heterocycles. The minimum absolute atomic E-state index is 0.145. The monoisotopic (exact) mass is 364 g/mol. The van der Waals surface area contributed by atoms with Gasteiger partial charge in [0.05, 0.1) is 11.0 Å². The summed E-state index contributed by atoms with van der Waals surface area (Å²) in [7, 11) is 0. The molecule has 1 fully saturated rings. The summed E-state index contributed by atoms with van der Waals surface area (Å²) in [5, 5.41) is 1.57. The number of Topliss-reactive ketones (excluding diaryl/α,β-unsaturated/α-hetero) is 1. The summed E-state index contributed by atoms with van der Waals surface area (Å²) in [6, 6.07) is 1.35. The van der Waals surface area contributed by atoms with Crippen LogP contribution in [-0.4, -0.2) is 19.1 Å². The van der Waals surface area contributed by atoms with Gasteiger partial charge in [0.1, 0.15) is 12.2 Å². The molecule has 1 aliphatic heterocycles. The Bertz CT molecular complexity index is 714. The van der Waals surface area contributed by atoms with Gasteiger partial charge in [-0.05, 0) is 29.9 Å². The molecule has 0 N–H and O–H groups in total. The van der Waals surface area contributed by atoms with Gasteiger partial charge in [-0.15, -0.1) is 11.3 Å². The van der Waals surface area contributed by atoms with Crippen LogP contribution in [0.25, 0.3) is 0 Å².